The quantitative estimate of drug-likeness (QED) is 0.840. The first kappa shape index (κ1) is 15.7. The topological polar surface area (TPSA) is 54.0 Å². The van der Waals surface area contributed by atoms with Crippen LogP contribution in [0.15, 0.2) is 34.9 Å². The SMILES string of the molecule is CCNc1cc(C(=O)Nc2c(Cl)cc(F)cc2Br)ccn1. The monoisotopic (exact) mass is 371 g/mol. The number of aromatic nitrogens is 1. The standard InChI is InChI=1S/C14H12BrClFN3O/c1-2-18-12-5-8(3-4-19-12)14(21)20-13-10(15)6-9(17)7-11(13)16/h3-7H,2H2,1H3,(H,18,19)(H,20,21). The minimum absolute atomic E-state index is 0.121. The number of pyridine rings is 1. The van der Waals surface area contributed by atoms with Crippen molar-refractivity contribution in [3.63, 3.8) is 0 Å². The largest absolute Gasteiger partial charge is 0.370 e. The maximum atomic E-state index is 13.2. The first-order valence-corrected chi connectivity index (χ1v) is 7.34. The molecule has 1 heterocycles. The minimum Gasteiger partial charge on any atom is -0.370 e. The van der Waals surface area contributed by atoms with Gasteiger partial charge in [0.05, 0.1) is 10.7 Å². The highest BCUT2D eigenvalue weighted by Gasteiger charge is 2.13. The Morgan fingerprint density at radius 1 is 1.43 bits per heavy atom. The van der Waals surface area contributed by atoms with E-state index in [0.29, 0.717) is 28.1 Å². The number of rotatable bonds is 4. The summed E-state index contributed by atoms with van der Waals surface area (Å²) in [6.07, 6.45) is 1.54. The first-order valence-electron chi connectivity index (χ1n) is 6.17. The predicted octanol–water partition coefficient (Wildman–Crippen LogP) is 4.32. The summed E-state index contributed by atoms with van der Waals surface area (Å²) in [6, 6.07) is 5.59. The van der Waals surface area contributed by atoms with Gasteiger partial charge < -0.3 is 10.6 Å². The molecular formula is C14H12BrClFN3O. The molecule has 2 rings (SSSR count). The average Bonchev–Trinajstić information content (AvgIpc) is 2.43. The van der Waals surface area contributed by atoms with Gasteiger partial charge in [0.1, 0.15) is 11.6 Å². The van der Waals surface area contributed by atoms with E-state index in [1.165, 1.54) is 12.3 Å². The number of nitrogens with zero attached hydrogens (tertiary/aromatic N) is 1. The Balaban J connectivity index is 2.24. The number of hydrogen-bond acceptors (Lipinski definition) is 3. The van der Waals surface area contributed by atoms with Gasteiger partial charge in [-0.1, -0.05) is 11.6 Å². The molecule has 1 aromatic carbocycles. The molecule has 1 aromatic heterocycles. The van der Waals surface area contributed by atoms with E-state index in [4.69, 9.17) is 11.6 Å². The Hall–Kier alpha value is -1.66. The molecule has 0 saturated heterocycles. The van der Waals surface area contributed by atoms with Crippen molar-refractivity contribution >= 4 is 44.9 Å². The molecule has 0 spiro atoms. The molecule has 4 nitrogen and oxygen atoms in total. The van der Waals surface area contributed by atoms with Crippen LogP contribution in [-0.2, 0) is 0 Å². The average molecular weight is 373 g/mol. The number of carbonyl (C=O) groups is 1. The lowest BCUT2D eigenvalue weighted by molar-refractivity contribution is 0.102. The van der Waals surface area contributed by atoms with Crippen LogP contribution in [0.3, 0.4) is 0 Å². The van der Waals surface area contributed by atoms with Crippen molar-refractivity contribution in [2.24, 2.45) is 0 Å². The Morgan fingerprint density at radius 3 is 2.86 bits per heavy atom. The summed E-state index contributed by atoms with van der Waals surface area (Å²) in [6.45, 7) is 2.64. The minimum atomic E-state index is -0.483. The van der Waals surface area contributed by atoms with Gasteiger partial charge in [0.15, 0.2) is 0 Å². The summed E-state index contributed by atoms with van der Waals surface area (Å²) in [5, 5.41) is 5.79. The van der Waals surface area contributed by atoms with E-state index < -0.39 is 5.82 Å². The van der Waals surface area contributed by atoms with Gasteiger partial charge in [-0.3, -0.25) is 4.79 Å². The zero-order chi connectivity index (χ0) is 15.4. The molecule has 0 unspecified atom stereocenters. The number of nitrogens with one attached hydrogen (secondary N) is 2. The van der Waals surface area contributed by atoms with Crippen LogP contribution in [0.5, 0.6) is 0 Å². The van der Waals surface area contributed by atoms with Crippen LogP contribution < -0.4 is 10.6 Å². The van der Waals surface area contributed by atoms with Crippen molar-refractivity contribution in [2.75, 3.05) is 17.2 Å². The molecule has 0 atom stereocenters. The number of anilines is 2. The summed E-state index contributed by atoms with van der Waals surface area (Å²) in [5.41, 5.74) is 0.748. The Kier molecular flexibility index (Phi) is 5.14. The zero-order valence-corrected chi connectivity index (χ0v) is 13.4. The molecule has 7 heteroatoms. The van der Waals surface area contributed by atoms with Gasteiger partial charge in [-0.15, -0.1) is 0 Å². The second-order valence-corrected chi connectivity index (χ2v) is 5.42. The number of halogens is 3. The summed E-state index contributed by atoms with van der Waals surface area (Å²) in [4.78, 5) is 16.3. The van der Waals surface area contributed by atoms with Gasteiger partial charge in [-0.05, 0) is 47.1 Å². The molecule has 0 aliphatic heterocycles. The molecule has 110 valence electrons. The van der Waals surface area contributed by atoms with Gasteiger partial charge >= 0.3 is 0 Å². The van der Waals surface area contributed by atoms with Crippen LogP contribution in [0.1, 0.15) is 17.3 Å². The van der Waals surface area contributed by atoms with Crippen LogP contribution in [0, 0.1) is 5.82 Å². The summed E-state index contributed by atoms with van der Waals surface area (Å²) < 4.78 is 13.5. The van der Waals surface area contributed by atoms with Crippen molar-refractivity contribution in [1.29, 1.82) is 0 Å². The normalized spacial score (nSPS) is 10.3. The number of benzene rings is 1. The summed E-state index contributed by atoms with van der Waals surface area (Å²) in [5.74, 6) is -0.233. The molecule has 0 aliphatic carbocycles. The van der Waals surface area contributed by atoms with Crippen molar-refractivity contribution in [2.45, 2.75) is 6.92 Å². The molecule has 2 N–H and O–H groups in total. The predicted molar refractivity (Wildman–Crippen MR) is 85.5 cm³/mol. The van der Waals surface area contributed by atoms with E-state index >= 15 is 0 Å². The molecule has 0 aliphatic rings. The third kappa shape index (κ3) is 3.92. The van der Waals surface area contributed by atoms with E-state index in [-0.39, 0.29) is 10.9 Å². The highest BCUT2D eigenvalue weighted by atomic mass is 79.9. The second-order valence-electron chi connectivity index (χ2n) is 4.16. The molecule has 0 radical (unpaired) electrons. The smallest absolute Gasteiger partial charge is 0.255 e. The van der Waals surface area contributed by atoms with Crippen LogP contribution in [0.2, 0.25) is 5.02 Å². The van der Waals surface area contributed by atoms with Crippen LogP contribution in [0.4, 0.5) is 15.9 Å². The van der Waals surface area contributed by atoms with Gasteiger partial charge in [0.25, 0.3) is 5.91 Å². The third-order valence-corrected chi connectivity index (χ3v) is 3.55. The van der Waals surface area contributed by atoms with Crippen LogP contribution in [-0.4, -0.2) is 17.4 Å². The van der Waals surface area contributed by atoms with Gasteiger partial charge in [-0.25, -0.2) is 9.37 Å². The molecule has 0 bridgehead atoms. The maximum absolute atomic E-state index is 13.2. The van der Waals surface area contributed by atoms with Crippen LogP contribution >= 0.6 is 27.5 Å². The lowest BCUT2D eigenvalue weighted by atomic mass is 10.2. The highest BCUT2D eigenvalue weighted by molar-refractivity contribution is 9.10. The van der Waals surface area contributed by atoms with Gasteiger partial charge in [-0.2, -0.15) is 0 Å². The molecular weight excluding hydrogens is 361 g/mol. The van der Waals surface area contributed by atoms with Crippen LogP contribution in [0.25, 0.3) is 0 Å². The molecule has 21 heavy (non-hydrogen) atoms. The van der Waals surface area contributed by atoms with Crippen molar-refractivity contribution in [3.8, 4) is 0 Å². The third-order valence-electron chi connectivity index (χ3n) is 2.63. The zero-order valence-electron chi connectivity index (χ0n) is 11.1. The number of hydrogen-bond donors (Lipinski definition) is 2. The fourth-order valence-electron chi connectivity index (χ4n) is 1.70. The Morgan fingerprint density at radius 2 is 2.19 bits per heavy atom. The van der Waals surface area contributed by atoms with E-state index in [1.807, 2.05) is 6.92 Å². The van der Waals surface area contributed by atoms with E-state index in [9.17, 15) is 9.18 Å². The van der Waals surface area contributed by atoms with Crippen molar-refractivity contribution in [1.82, 2.24) is 4.98 Å². The lowest BCUT2D eigenvalue weighted by Gasteiger charge is -2.10. The molecule has 0 saturated carbocycles. The highest BCUT2D eigenvalue weighted by Crippen LogP contribution is 2.32. The number of carbonyl (C=O) groups excluding carboxylic acids is 1. The van der Waals surface area contributed by atoms with Gasteiger partial charge in [0.2, 0.25) is 0 Å². The fourth-order valence-corrected chi connectivity index (χ4v) is 2.60. The number of amides is 1. The van der Waals surface area contributed by atoms with Gasteiger partial charge in [0, 0.05) is 22.8 Å². The van der Waals surface area contributed by atoms with E-state index in [2.05, 4.69) is 31.5 Å². The lowest BCUT2D eigenvalue weighted by Crippen LogP contribution is -2.13. The summed E-state index contributed by atoms with van der Waals surface area (Å²) in [7, 11) is 0. The molecule has 1 amide bonds. The molecule has 0 fully saturated rings. The van der Waals surface area contributed by atoms with E-state index in [0.717, 1.165) is 6.07 Å². The second kappa shape index (κ2) is 6.87. The maximum Gasteiger partial charge on any atom is 0.255 e. The van der Waals surface area contributed by atoms with Crippen molar-refractivity contribution < 1.29 is 9.18 Å². The molecule has 2 aromatic rings. The first-order chi connectivity index (χ1) is 10.0. The van der Waals surface area contributed by atoms with Crippen molar-refractivity contribution in [3.05, 3.63) is 51.3 Å². The van der Waals surface area contributed by atoms with E-state index in [1.54, 1.807) is 12.1 Å². The fraction of sp³-hybridized carbons (Fsp3) is 0.143. The Bertz CT molecular complexity index is 658. The summed E-state index contributed by atoms with van der Waals surface area (Å²) >= 11 is 9.11. The Labute approximate surface area is 134 Å².